The van der Waals surface area contributed by atoms with Gasteiger partial charge in [-0.15, -0.1) is 0 Å². The molecule has 0 N–H and O–H groups in total. The standard InChI is InChI=1S/C25H23NO5S/c1-17-7-13-21(14-8-17)32(29,30)26-16-23(18-9-11-19(12-10-18)25(28)31-2)22-6-4-3-5-20(22)15-24(26)27/h3-14,23H,15-16H2,1-2H3. The quantitative estimate of drug-likeness (QED) is 0.568. The van der Waals surface area contributed by atoms with E-state index < -0.39 is 21.9 Å². The van der Waals surface area contributed by atoms with E-state index in [9.17, 15) is 18.0 Å². The van der Waals surface area contributed by atoms with Crippen LogP contribution in [0.1, 0.15) is 38.5 Å². The molecule has 164 valence electrons. The Morgan fingerprint density at radius 2 is 1.62 bits per heavy atom. The molecule has 0 saturated carbocycles. The van der Waals surface area contributed by atoms with Crippen molar-refractivity contribution in [1.29, 1.82) is 0 Å². The van der Waals surface area contributed by atoms with E-state index in [4.69, 9.17) is 4.74 Å². The van der Waals surface area contributed by atoms with E-state index in [0.717, 1.165) is 26.6 Å². The van der Waals surface area contributed by atoms with Gasteiger partial charge in [0.15, 0.2) is 0 Å². The Balaban J connectivity index is 1.78. The molecule has 7 heteroatoms. The van der Waals surface area contributed by atoms with Crippen LogP contribution in [0.5, 0.6) is 0 Å². The number of benzene rings is 3. The zero-order chi connectivity index (χ0) is 22.9. The van der Waals surface area contributed by atoms with Crippen LogP contribution in [-0.2, 0) is 26.0 Å². The molecule has 0 bridgehead atoms. The Hall–Kier alpha value is -3.45. The van der Waals surface area contributed by atoms with Gasteiger partial charge in [-0.1, -0.05) is 54.1 Å². The summed E-state index contributed by atoms with van der Waals surface area (Å²) in [6.45, 7) is 1.85. The summed E-state index contributed by atoms with van der Waals surface area (Å²) in [5.41, 5.74) is 3.83. The van der Waals surface area contributed by atoms with Crippen LogP contribution >= 0.6 is 0 Å². The second-order valence-electron chi connectivity index (χ2n) is 7.78. The van der Waals surface area contributed by atoms with Crippen LogP contribution in [0.25, 0.3) is 0 Å². The number of hydrogen-bond acceptors (Lipinski definition) is 5. The number of carbonyl (C=O) groups excluding carboxylic acids is 2. The number of sulfonamides is 1. The van der Waals surface area contributed by atoms with Gasteiger partial charge in [-0.05, 0) is 47.9 Å². The van der Waals surface area contributed by atoms with Crippen molar-refractivity contribution in [2.24, 2.45) is 0 Å². The number of aryl methyl sites for hydroxylation is 1. The molecule has 32 heavy (non-hydrogen) atoms. The Labute approximate surface area is 187 Å². The zero-order valence-electron chi connectivity index (χ0n) is 17.8. The SMILES string of the molecule is COC(=O)c1ccc(C2CN(S(=O)(=O)c3ccc(C)cc3)C(=O)Cc3ccccc32)cc1. The fourth-order valence-corrected chi connectivity index (χ4v) is 5.39. The molecule has 1 atom stereocenters. The fraction of sp³-hybridized carbons (Fsp3) is 0.200. The molecule has 3 aromatic rings. The van der Waals surface area contributed by atoms with Crippen molar-refractivity contribution >= 4 is 21.9 Å². The average Bonchev–Trinajstić information content (AvgIpc) is 2.95. The largest absolute Gasteiger partial charge is 0.465 e. The second-order valence-corrected chi connectivity index (χ2v) is 9.65. The Morgan fingerprint density at radius 1 is 0.969 bits per heavy atom. The lowest BCUT2D eigenvalue weighted by molar-refractivity contribution is -0.125. The summed E-state index contributed by atoms with van der Waals surface area (Å²) < 4.78 is 32.6. The van der Waals surface area contributed by atoms with Crippen molar-refractivity contribution in [2.45, 2.75) is 24.2 Å². The lowest BCUT2D eigenvalue weighted by atomic mass is 9.88. The molecular weight excluding hydrogens is 426 g/mol. The van der Waals surface area contributed by atoms with E-state index >= 15 is 0 Å². The highest BCUT2D eigenvalue weighted by atomic mass is 32.2. The first-order chi connectivity index (χ1) is 15.3. The first-order valence-electron chi connectivity index (χ1n) is 10.2. The molecule has 4 rings (SSSR count). The minimum atomic E-state index is -4.03. The van der Waals surface area contributed by atoms with Gasteiger partial charge < -0.3 is 4.74 Å². The summed E-state index contributed by atoms with van der Waals surface area (Å²) >= 11 is 0. The molecular formula is C25H23NO5S. The van der Waals surface area contributed by atoms with Gasteiger partial charge in [-0.2, -0.15) is 0 Å². The van der Waals surface area contributed by atoms with Gasteiger partial charge in [0.25, 0.3) is 10.0 Å². The number of carbonyl (C=O) groups is 2. The van der Waals surface area contributed by atoms with Crippen LogP contribution in [0.4, 0.5) is 0 Å². The molecule has 6 nitrogen and oxygen atoms in total. The maximum Gasteiger partial charge on any atom is 0.337 e. The monoisotopic (exact) mass is 449 g/mol. The van der Waals surface area contributed by atoms with Gasteiger partial charge in [0.2, 0.25) is 5.91 Å². The molecule has 0 spiro atoms. The normalized spacial score (nSPS) is 16.2. The van der Waals surface area contributed by atoms with Crippen LogP contribution in [0.2, 0.25) is 0 Å². The third kappa shape index (κ3) is 4.03. The van der Waals surface area contributed by atoms with Gasteiger partial charge in [0, 0.05) is 12.5 Å². The number of methoxy groups -OCH3 is 1. The van der Waals surface area contributed by atoms with E-state index in [0.29, 0.717) is 5.56 Å². The fourth-order valence-electron chi connectivity index (χ4n) is 3.98. The van der Waals surface area contributed by atoms with E-state index in [-0.39, 0.29) is 23.8 Å². The molecule has 0 fully saturated rings. The molecule has 1 unspecified atom stereocenters. The number of esters is 1. The van der Waals surface area contributed by atoms with Crippen LogP contribution < -0.4 is 0 Å². The highest BCUT2D eigenvalue weighted by Crippen LogP contribution is 2.34. The van der Waals surface area contributed by atoms with Crippen molar-refractivity contribution in [3.05, 3.63) is 101 Å². The molecule has 0 saturated heterocycles. The first kappa shape index (κ1) is 21.8. The van der Waals surface area contributed by atoms with Crippen LogP contribution in [0.3, 0.4) is 0 Å². The van der Waals surface area contributed by atoms with Crippen LogP contribution in [-0.4, -0.2) is 38.3 Å². The summed E-state index contributed by atoms with van der Waals surface area (Å²) in [5.74, 6) is -1.28. The average molecular weight is 450 g/mol. The predicted octanol–water partition coefficient (Wildman–Crippen LogP) is 3.69. The summed E-state index contributed by atoms with van der Waals surface area (Å²) in [7, 11) is -2.71. The summed E-state index contributed by atoms with van der Waals surface area (Å²) in [6, 6.07) is 20.8. The van der Waals surface area contributed by atoms with Gasteiger partial charge in [-0.3, -0.25) is 4.79 Å². The molecule has 0 aliphatic carbocycles. The number of nitrogens with zero attached hydrogens (tertiary/aromatic N) is 1. The van der Waals surface area contributed by atoms with Crippen molar-refractivity contribution in [3.8, 4) is 0 Å². The van der Waals surface area contributed by atoms with Crippen molar-refractivity contribution in [1.82, 2.24) is 4.31 Å². The van der Waals surface area contributed by atoms with Crippen molar-refractivity contribution < 1.29 is 22.7 Å². The number of hydrogen-bond donors (Lipinski definition) is 0. The maximum atomic E-state index is 13.4. The Bertz CT molecular complexity index is 1260. The molecule has 1 amide bonds. The topological polar surface area (TPSA) is 80.8 Å². The van der Waals surface area contributed by atoms with Gasteiger partial charge >= 0.3 is 5.97 Å². The highest BCUT2D eigenvalue weighted by Gasteiger charge is 2.36. The van der Waals surface area contributed by atoms with E-state index in [2.05, 4.69) is 0 Å². The number of amides is 1. The predicted molar refractivity (Wildman–Crippen MR) is 120 cm³/mol. The minimum Gasteiger partial charge on any atom is -0.465 e. The third-order valence-corrected chi connectivity index (χ3v) is 7.54. The van der Waals surface area contributed by atoms with Crippen molar-refractivity contribution in [2.75, 3.05) is 13.7 Å². The Morgan fingerprint density at radius 3 is 2.28 bits per heavy atom. The molecule has 0 aromatic heterocycles. The Kier molecular flexibility index (Phi) is 5.84. The second kappa shape index (κ2) is 8.59. The van der Waals surface area contributed by atoms with E-state index in [1.165, 1.54) is 19.2 Å². The number of rotatable bonds is 4. The van der Waals surface area contributed by atoms with Crippen molar-refractivity contribution in [3.63, 3.8) is 0 Å². The van der Waals surface area contributed by atoms with E-state index in [1.807, 2.05) is 31.2 Å². The number of fused-ring (bicyclic) bond motifs is 1. The molecule has 0 radical (unpaired) electrons. The molecule has 1 aliphatic heterocycles. The van der Waals surface area contributed by atoms with Crippen LogP contribution in [0.15, 0.2) is 77.7 Å². The molecule has 3 aromatic carbocycles. The number of ether oxygens (including phenoxy) is 1. The summed E-state index contributed by atoms with van der Waals surface area (Å²) in [4.78, 5) is 25.0. The lowest BCUT2D eigenvalue weighted by Crippen LogP contribution is -2.39. The summed E-state index contributed by atoms with van der Waals surface area (Å²) in [5, 5.41) is 0. The maximum absolute atomic E-state index is 13.4. The smallest absolute Gasteiger partial charge is 0.337 e. The minimum absolute atomic E-state index is 0.00198. The molecule has 1 aliphatic rings. The highest BCUT2D eigenvalue weighted by molar-refractivity contribution is 7.89. The zero-order valence-corrected chi connectivity index (χ0v) is 18.6. The first-order valence-corrected chi connectivity index (χ1v) is 11.6. The summed E-state index contributed by atoms with van der Waals surface area (Å²) in [6.07, 6.45) is -0.00198. The lowest BCUT2D eigenvalue weighted by Gasteiger charge is -2.25. The molecule has 1 heterocycles. The van der Waals surface area contributed by atoms with Gasteiger partial charge in [-0.25, -0.2) is 17.5 Å². The van der Waals surface area contributed by atoms with Gasteiger partial charge in [0.1, 0.15) is 0 Å². The van der Waals surface area contributed by atoms with E-state index in [1.54, 1.807) is 36.4 Å². The van der Waals surface area contributed by atoms with Gasteiger partial charge in [0.05, 0.1) is 24.0 Å². The third-order valence-electron chi connectivity index (χ3n) is 5.74. The van der Waals surface area contributed by atoms with Crippen LogP contribution in [0, 0.1) is 6.92 Å².